The number of likely N-dealkylation sites (tertiary alicyclic amines) is 1. The summed E-state index contributed by atoms with van der Waals surface area (Å²) in [7, 11) is 1.80. The third-order valence-corrected chi connectivity index (χ3v) is 2.10. The Morgan fingerprint density at radius 3 is 2.64 bits per heavy atom. The van der Waals surface area contributed by atoms with Crippen molar-refractivity contribution in [2.24, 2.45) is 11.7 Å². The Kier molecular flexibility index (Phi) is 2.24. The van der Waals surface area contributed by atoms with Gasteiger partial charge in [0.25, 0.3) is 0 Å². The number of carbonyl (C=O) groups is 2. The first-order valence-electron chi connectivity index (χ1n) is 3.60. The molecule has 0 aliphatic carbocycles. The van der Waals surface area contributed by atoms with Crippen molar-refractivity contribution in [3.05, 3.63) is 0 Å². The van der Waals surface area contributed by atoms with Crippen molar-refractivity contribution >= 4 is 12.2 Å². The Hall–Kier alpha value is -0.900. The molecule has 0 bridgehead atoms. The second kappa shape index (κ2) is 3.00. The molecule has 1 aliphatic heterocycles. The first kappa shape index (κ1) is 8.20. The maximum atomic E-state index is 10.7. The molecule has 2 atom stereocenters. The minimum absolute atomic E-state index is 0.0162. The molecule has 1 saturated heterocycles. The summed E-state index contributed by atoms with van der Waals surface area (Å²) in [6.07, 6.45) is 1.47. The van der Waals surface area contributed by atoms with Crippen molar-refractivity contribution in [3.8, 4) is 0 Å². The molecule has 0 spiro atoms. The van der Waals surface area contributed by atoms with Crippen LogP contribution in [-0.2, 0) is 9.59 Å². The summed E-state index contributed by atoms with van der Waals surface area (Å²) in [5.41, 5.74) is 5.11. The number of nitrogens with zero attached hydrogens (tertiary/aromatic N) is 1. The maximum absolute atomic E-state index is 10.7. The van der Waals surface area contributed by atoms with Crippen molar-refractivity contribution < 1.29 is 9.59 Å². The molecule has 0 aromatic heterocycles. The summed E-state index contributed by atoms with van der Waals surface area (Å²) in [5, 5.41) is 0. The molecule has 0 radical (unpaired) electrons. The molecular weight excluding hydrogens is 144 g/mol. The fourth-order valence-corrected chi connectivity index (χ4v) is 1.47. The highest BCUT2D eigenvalue weighted by atomic mass is 16.1. The molecule has 2 N–H and O–H groups in total. The molecule has 1 fully saturated rings. The lowest BCUT2D eigenvalue weighted by atomic mass is 10.1. The van der Waals surface area contributed by atoms with Crippen LogP contribution in [0.15, 0.2) is 0 Å². The van der Waals surface area contributed by atoms with E-state index in [1.165, 1.54) is 0 Å². The number of carbonyl (C=O) groups excluding carboxylic acids is 2. The predicted octanol–water partition coefficient (Wildman–Crippen LogP) is -1.01. The van der Waals surface area contributed by atoms with Gasteiger partial charge in [0.05, 0.1) is 6.04 Å². The fourth-order valence-electron chi connectivity index (χ4n) is 1.47. The molecule has 0 saturated carbocycles. The van der Waals surface area contributed by atoms with Crippen LogP contribution in [0.5, 0.6) is 0 Å². The van der Waals surface area contributed by atoms with E-state index < -0.39 is 0 Å². The van der Waals surface area contributed by atoms with Gasteiger partial charge < -0.3 is 10.5 Å². The Morgan fingerprint density at radius 2 is 2.36 bits per heavy atom. The average molecular weight is 156 g/mol. The summed E-state index contributed by atoms with van der Waals surface area (Å²) in [4.78, 5) is 22.9. The van der Waals surface area contributed by atoms with Gasteiger partial charge in [0.1, 0.15) is 6.29 Å². The molecule has 1 amide bonds. The van der Waals surface area contributed by atoms with Crippen LogP contribution in [0.1, 0.15) is 6.42 Å². The van der Waals surface area contributed by atoms with Crippen LogP contribution in [0.3, 0.4) is 0 Å². The molecule has 1 heterocycles. The second-order valence-electron chi connectivity index (χ2n) is 2.99. The van der Waals surface area contributed by atoms with Crippen molar-refractivity contribution in [2.75, 3.05) is 13.6 Å². The number of aldehydes is 1. The van der Waals surface area contributed by atoms with Crippen LogP contribution >= 0.6 is 0 Å². The molecule has 0 aromatic carbocycles. The standard InChI is InChI=1S/C7H12N2O2/c1-9-3-5(4-10)2-6(9)7(8)11/h4-6H,2-3H2,1H3,(H2,8,11). The molecule has 4 heteroatoms. The third kappa shape index (κ3) is 1.57. The summed E-state index contributed by atoms with van der Waals surface area (Å²) >= 11 is 0. The van der Waals surface area contributed by atoms with Gasteiger partial charge in [-0.1, -0.05) is 0 Å². The van der Waals surface area contributed by atoms with E-state index in [0.29, 0.717) is 13.0 Å². The first-order valence-corrected chi connectivity index (χ1v) is 3.60. The topological polar surface area (TPSA) is 63.4 Å². The van der Waals surface area contributed by atoms with E-state index in [1.807, 2.05) is 4.90 Å². The van der Waals surface area contributed by atoms with E-state index in [1.54, 1.807) is 7.05 Å². The lowest BCUT2D eigenvalue weighted by Crippen LogP contribution is -2.37. The molecular formula is C7H12N2O2. The van der Waals surface area contributed by atoms with Gasteiger partial charge in [-0.05, 0) is 13.5 Å². The average Bonchev–Trinajstić information content (AvgIpc) is 2.30. The first-order chi connectivity index (χ1) is 5.15. The monoisotopic (exact) mass is 156 g/mol. The maximum Gasteiger partial charge on any atom is 0.234 e. The Balaban J connectivity index is 2.58. The van der Waals surface area contributed by atoms with Gasteiger partial charge in [-0.25, -0.2) is 0 Å². The van der Waals surface area contributed by atoms with Crippen molar-refractivity contribution in [1.29, 1.82) is 0 Å². The van der Waals surface area contributed by atoms with Crippen LogP contribution in [0.2, 0.25) is 0 Å². The zero-order valence-electron chi connectivity index (χ0n) is 6.49. The number of nitrogens with two attached hydrogens (primary N) is 1. The molecule has 2 unspecified atom stereocenters. The fraction of sp³-hybridized carbons (Fsp3) is 0.714. The Bertz CT molecular complexity index is 181. The van der Waals surface area contributed by atoms with E-state index in [-0.39, 0.29) is 17.9 Å². The lowest BCUT2D eigenvalue weighted by Gasteiger charge is -2.14. The summed E-state index contributed by atoms with van der Waals surface area (Å²) in [5.74, 6) is -0.352. The Morgan fingerprint density at radius 1 is 1.73 bits per heavy atom. The number of likely N-dealkylation sites (N-methyl/N-ethyl adjacent to an activating group) is 1. The molecule has 1 aliphatic rings. The molecule has 11 heavy (non-hydrogen) atoms. The van der Waals surface area contributed by atoms with E-state index >= 15 is 0 Å². The number of rotatable bonds is 2. The number of hydrogen-bond acceptors (Lipinski definition) is 3. The van der Waals surface area contributed by atoms with Gasteiger partial charge in [-0.2, -0.15) is 0 Å². The molecule has 4 nitrogen and oxygen atoms in total. The normalized spacial score (nSPS) is 32.1. The number of hydrogen-bond donors (Lipinski definition) is 1. The highest BCUT2D eigenvalue weighted by Crippen LogP contribution is 2.18. The highest BCUT2D eigenvalue weighted by Gasteiger charge is 2.32. The summed E-state index contributed by atoms with van der Waals surface area (Å²) in [6, 6.07) is -0.245. The second-order valence-corrected chi connectivity index (χ2v) is 2.99. The van der Waals surface area contributed by atoms with Gasteiger partial charge in [0.2, 0.25) is 5.91 Å². The van der Waals surface area contributed by atoms with Gasteiger partial charge in [0, 0.05) is 12.5 Å². The third-order valence-electron chi connectivity index (χ3n) is 2.10. The van der Waals surface area contributed by atoms with E-state index in [4.69, 9.17) is 5.73 Å². The Labute approximate surface area is 65.3 Å². The smallest absolute Gasteiger partial charge is 0.234 e. The van der Waals surface area contributed by atoms with Crippen LogP contribution in [0, 0.1) is 5.92 Å². The zero-order chi connectivity index (χ0) is 8.43. The van der Waals surface area contributed by atoms with Gasteiger partial charge >= 0.3 is 0 Å². The summed E-state index contributed by atoms with van der Waals surface area (Å²) in [6.45, 7) is 0.650. The van der Waals surface area contributed by atoms with Gasteiger partial charge in [-0.15, -0.1) is 0 Å². The van der Waals surface area contributed by atoms with E-state index in [0.717, 1.165) is 6.29 Å². The number of primary amides is 1. The molecule has 1 rings (SSSR count). The molecule has 0 aromatic rings. The van der Waals surface area contributed by atoms with Crippen molar-refractivity contribution in [1.82, 2.24) is 4.90 Å². The van der Waals surface area contributed by atoms with Crippen LogP contribution < -0.4 is 5.73 Å². The number of amides is 1. The van der Waals surface area contributed by atoms with Crippen LogP contribution in [-0.4, -0.2) is 36.7 Å². The quantitative estimate of drug-likeness (QED) is 0.521. The highest BCUT2D eigenvalue weighted by molar-refractivity contribution is 5.81. The van der Waals surface area contributed by atoms with E-state index in [9.17, 15) is 9.59 Å². The van der Waals surface area contributed by atoms with Crippen molar-refractivity contribution in [2.45, 2.75) is 12.5 Å². The predicted molar refractivity (Wildman–Crippen MR) is 39.8 cm³/mol. The van der Waals surface area contributed by atoms with Crippen LogP contribution in [0.25, 0.3) is 0 Å². The van der Waals surface area contributed by atoms with Crippen LogP contribution in [0.4, 0.5) is 0 Å². The van der Waals surface area contributed by atoms with E-state index in [2.05, 4.69) is 0 Å². The minimum atomic E-state index is -0.336. The molecule has 62 valence electrons. The summed E-state index contributed by atoms with van der Waals surface area (Å²) < 4.78 is 0. The largest absolute Gasteiger partial charge is 0.368 e. The lowest BCUT2D eigenvalue weighted by molar-refractivity contribution is -0.121. The minimum Gasteiger partial charge on any atom is -0.368 e. The van der Waals surface area contributed by atoms with Crippen molar-refractivity contribution in [3.63, 3.8) is 0 Å². The zero-order valence-corrected chi connectivity index (χ0v) is 6.49. The van der Waals surface area contributed by atoms with Gasteiger partial charge in [0.15, 0.2) is 0 Å². The van der Waals surface area contributed by atoms with Gasteiger partial charge in [-0.3, -0.25) is 9.69 Å². The SMILES string of the molecule is CN1CC(C=O)CC1C(N)=O.